The number of benzene rings is 1. The van der Waals surface area contributed by atoms with Crippen LogP contribution in [0.15, 0.2) is 30.6 Å². The summed E-state index contributed by atoms with van der Waals surface area (Å²) < 4.78 is 6.51. The summed E-state index contributed by atoms with van der Waals surface area (Å²) in [7, 11) is 1.61. The molecule has 1 heterocycles. The molecule has 0 amide bonds. The van der Waals surface area contributed by atoms with Crippen molar-refractivity contribution in [1.29, 1.82) is 0 Å². The average molecular weight is 370 g/mol. The number of halogens is 1. The molecule has 0 radical (unpaired) electrons. The molecule has 0 aliphatic carbocycles. The molecule has 2 N–H and O–H groups in total. The maximum atomic E-state index is 5.39. The Morgan fingerprint density at radius 1 is 1.21 bits per heavy atom. The van der Waals surface area contributed by atoms with E-state index in [9.17, 15) is 0 Å². The zero-order valence-electron chi connectivity index (χ0n) is 10.8. The maximum absolute atomic E-state index is 5.39. The highest BCUT2D eigenvalue weighted by Gasteiger charge is 2.12. The molecule has 0 aliphatic heterocycles. The number of hydrogen-bond acceptors (Lipinski definition) is 5. The lowest BCUT2D eigenvalue weighted by Crippen LogP contribution is -2.06. The molecule has 1 aromatic heterocycles. The van der Waals surface area contributed by atoms with Crippen LogP contribution in [0.4, 0.5) is 17.3 Å². The lowest BCUT2D eigenvalue weighted by atomic mass is 10.3. The van der Waals surface area contributed by atoms with Gasteiger partial charge in [-0.05, 0) is 41.6 Å². The number of hydrogen-bond donors (Lipinski definition) is 2. The Bertz CT molecular complexity index is 562. The van der Waals surface area contributed by atoms with Crippen molar-refractivity contribution in [2.24, 2.45) is 0 Å². The van der Waals surface area contributed by atoms with E-state index in [2.05, 4.69) is 43.2 Å². The summed E-state index contributed by atoms with van der Waals surface area (Å²) in [6, 6.07) is 8.00. The summed E-state index contributed by atoms with van der Waals surface area (Å²) in [5, 5.41) is 6.42. The topological polar surface area (TPSA) is 59.1 Å². The van der Waals surface area contributed by atoms with Gasteiger partial charge in [0.05, 0.1) is 12.8 Å². The van der Waals surface area contributed by atoms with Gasteiger partial charge in [0.1, 0.15) is 6.33 Å². The number of rotatable bonds is 5. The molecule has 0 saturated heterocycles. The first-order valence-corrected chi connectivity index (χ1v) is 6.98. The van der Waals surface area contributed by atoms with E-state index in [-0.39, 0.29) is 0 Å². The van der Waals surface area contributed by atoms with Crippen molar-refractivity contribution in [2.75, 3.05) is 24.3 Å². The Labute approximate surface area is 125 Å². The molecule has 0 atom stereocenters. The van der Waals surface area contributed by atoms with Crippen molar-refractivity contribution in [2.45, 2.75) is 6.92 Å². The number of aromatic nitrogens is 2. The number of nitrogens with zero attached hydrogens (tertiary/aromatic N) is 2. The van der Waals surface area contributed by atoms with E-state index in [4.69, 9.17) is 4.74 Å². The van der Waals surface area contributed by atoms with E-state index >= 15 is 0 Å². The Hall–Kier alpha value is -1.57. The highest BCUT2D eigenvalue weighted by atomic mass is 127. The van der Waals surface area contributed by atoms with E-state index in [1.165, 1.54) is 6.33 Å². The van der Waals surface area contributed by atoms with Crippen molar-refractivity contribution in [3.8, 4) is 5.75 Å². The first kappa shape index (κ1) is 13.9. The standard InChI is InChI=1S/C13H15IN4O/c1-3-15-12-11(19-2)13(17-8-16-12)18-10-7-5-4-6-9(10)14/h4-8H,3H2,1-2H3,(H2,15,16,17,18). The molecule has 2 aromatic rings. The molecular formula is C13H15IN4O. The van der Waals surface area contributed by atoms with Gasteiger partial charge < -0.3 is 15.4 Å². The fraction of sp³-hybridized carbons (Fsp3) is 0.231. The monoisotopic (exact) mass is 370 g/mol. The lowest BCUT2D eigenvalue weighted by molar-refractivity contribution is 0.415. The summed E-state index contributed by atoms with van der Waals surface area (Å²) in [6.45, 7) is 2.78. The first-order chi connectivity index (χ1) is 9.26. The molecule has 0 aliphatic rings. The van der Waals surface area contributed by atoms with Crippen LogP contribution in [0.2, 0.25) is 0 Å². The van der Waals surface area contributed by atoms with Crippen molar-refractivity contribution >= 4 is 39.9 Å². The molecule has 0 saturated carbocycles. The van der Waals surface area contributed by atoms with E-state index in [1.807, 2.05) is 31.2 Å². The third-order valence-corrected chi connectivity index (χ3v) is 3.42. The summed E-state index contributed by atoms with van der Waals surface area (Å²) in [5.74, 6) is 1.95. The van der Waals surface area contributed by atoms with Gasteiger partial charge in [-0.3, -0.25) is 0 Å². The smallest absolute Gasteiger partial charge is 0.204 e. The summed E-state index contributed by atoms with van der Waals surface area (Å²) in [5.41, 5.74) is 0.988. The second kappa shape index (κ2) is 6.55. The number of nitrogens with one attached hydrogen (secondary N) is 2. The van der Waals surface area contributed by atoms with Crippen molar-refractivity contribution in [3.63, 3.8) is 0 Å². The molecule has 0 unspecified atom stereocenters. The Morgan fingerprint density at radius 3 is 2.63 bits per heavy atom. The zero-order valence-corrected chi connectivity index (χ0v) is 12.9. The minimum Gasteiger partial charge on any atom is -0.490 e. The minimum absolute atomic E-state index is 0.615. The van der Waals surface area contributed by atoms with Gasteiger partial charge in [0, 0.05) is 10.1 Å². The van der Waals surface area contributed by atoms with E-state index in [0.29, 0.717) is 17.4 Å². The SMILES string of the molecule is CCNc1ncnc(Nc2ccccc2I)c1OC. The van der Waals surface area contributed by atoms with Crippen LogP contribution < -0.4 is 15.4 Å². The van der Waals surface area contributed by atoms with Gasteiger partial charge in [-0.15, -0.1) is 0 Å². The van der Waals surface area contributed by atoms with Gasteiger partial charge in [-0.25, -0.2) is 9.97 Å². The fourth-order valence-electron chi connectivity index (χ4n) is 1.64. The largest absolute Gasteiger partial charge is 0.490 e. The van der Waals surface area contributed by atoms with Crippen LogP contribution in [0, 0.1) is 3.57 Å². The Balaban J connectivity index is 2.35. The molecule has 19 heavy (non-hydrogen) atoms. The van der Waals surface area contributed by atoms with E-state index in [0.717, 1.165) is 15.8 Å². The van der Waals surface area contributed by atoms with E-state index in [1.54, 1.807) is 7.11 Å². The van der Waals surface area contributed by atoms with Crippen LogP contribution in [-0.4, -0.2) is 23.6 Å². The van der Waals surface area contributed by atoms with Crippen molar-refractivity contribution in [3.05, 3.63) is 34.2 Å². The normalized spacial score (nSPS) is 10.1. The van der Waals surface area contributed by atoms with Crippen molar-refractivity contribution in [1.82, 2.24) is 9.97 Å². The zero-order chi connectivity index (χ0) is 13.7. The highest BCUT2D eigenvalue weighted by Crippen LogP contribution is 2.32. The Morgan fingerprint density at radius 2 is 1.95 bits per heavy atom. The predicted octanol–water partition coefficient (Wildman–Crippen LogP) is 3.27. The molecule has 1 aromatic carbocycles. The van der Waals surface area contributed by atoms with Crippen LogP contribution in [0.3, 0.4) is 0 Å². The van der Waals surface area contributed by atoms with Gasteiger partial charge in [-0.2, -0.15) is 0 Å². The third kappa shape index (κ3) is 3.25. The molecule has 5 nitrogen and oxygen atoms in total. The van der Waals surface area contributed by atoms with Gasteiger partial charge >= 0.3 is 0 Å². The summed E-state index contributed by atoms with van der Waals surface area (Å²) >= 11 is 2.27. The number of anilines is 3. The number of para-hydroxylation sites is 1. The quantitative estimate of drug-likeness (QED) is 0.792. The molecule has 0 spiro atoms. The predicted molar refractivity (Wildman–Crippen MR) is 85.2 cm³/mol. The molecule has 100 valence electrons. The number of methoxy groups -OCH3 is 1. The molecule has 6 heteroatoms. The van der Waals surface area contributed by atoms with E-state index < -0.39 is 0 Å². The average Bonchev–Trinajstić information content (AvgIpc) is 2.42. The second-order valence-electron chi connectivity index (χ2n) is 3.74. The molecule has 0 fully saturated rings. The highest BCUT2D eigenvalue weighted by molar-refractivity contribution is 14.1. The molecular weight excluding hydrogens is 355 g/mol. The van der Waals surface area contributed by atoms with Crippen LogP contribution >= 0.6 is 22.6 Å². The third-order valence-electron chi connectivity index (χ3n) is 2.48. The van der Waals surface area contributed by atoms with Crippen LogP contribution in [0.1, 0.15) is 6.92 Å². The molecule has 2 rings (SSSR count). The van der Waals surface area contributed by atoms with Gasteiger partial charge in [0.25, 0.3) is 0 Å². The summed E-state index contributed by atoms with van der Waals surface area (Å²) in [4.78, 5) is 8.41. The second-order valence-corrected chi connectivity index (χ2v) is 4.90. The number of ether oxygens (including phenoxy) is 1. The van der Waals surface area contributed by atoms with Crippen LogP contribution in [0.25, 0.3) is 0 Å². The Kier molecular flexibility index (Phi) is 4.78. The van der Waals surface area contributed by atoms with Crippen LogP contribution in [0.5, 0.6) is 5.75 Å². The van der Waals surface area contributed by atoms with Crippen LogP contribution in [-0.2, 0) is 0 Å². The molecule has 0 bridgehead atoms. The summed E-state index contributed by atoms with van der Waals surface area (Å²) in [6.07, 6.45) is 1.51. The fourth-order valence-corrected chi connectivity index (χ4v) is 2.16. The van der Waals surface area contributed by atoms with Gasteiger partial charge in [-0.1, -0.05) is 12.1 Å². The maximum Gasteiger partial charge on any atom is 0.204 e. The van der Waals surface area contributed by atoms with Gasteiger partial charge in [0.2, 0.25) is 5.75 Å². The first-order valence-electron chi connectivity index (χ1n) is 5.90. The van der Waals surface area contributed by atoms with Crippen molar-refractivity contribution < 1.29 is 4.74 Å². The minimum atomic E-state index is 0.615. The van der Waals surface area contributed by atoms with Gasteiger partial charge in [0.15, 0.2) is 11.6 Å². The lowest BCUT2D eigenvalue weighted by Gasteiger charge is -2.14.